The van der Waals surface area contributed by atoms with E-state index in [1.165, 1.54) is 23.0 Å². The molecule has 1 aromatic heterocycles. The molecule has 0 fully saturated rings. The molecule has 0 aliphatic rings. The van der Waals surface area contributed by atoms with Crippen LogP contribution in [0.25, 0.3) is 5.69 Å². The summed E-state index contributed by atoms with van der Waals surface area (Å²) in [6, 6.07) is 12.0. The van der Waals surface area contributed by atoms with Gasteiger partial charge in [0.25, 0.3) is 5.91 Å². The van der Waals surface area contributed by atoms with E-state index in [4.69, 9.17) is 9.47 Å². The first-order chi connectivity index (χ1) is 15.3. The van der Waals surface area contributed by atoms with Crippen LogP contribution >= 0.6 is 0 Å². The fourth-order valence-electron chi connectivity index (χ4n) is 3.10. The number of rotatable bonds is 9. The monoisotopic (exact) mass is 447 g/mol. The van der Waals surface area contributed by atoms with Gasteiger partial charge in [0.1, 0.15) is 0 Å². The number of anilines is 1. The molecule has 9 heteroatoms. The van der Waals surface area contributed by atoms with Crippen LogP contribution in [-0.4, -0.2) is 35.5 Å². The van der Waals surface area contributed by atoms with Crippen LogP contribution in [0.4, 0.5) is 18.9 Å². The van der Waals surface area contributed by atoms with Crippen LogP contribution < -0.4 is 5.32 Å². The van der Waals surface area contributed by atoms with E-state index < -0.39 is 17.6 Å². The Balaban J connectivity index is 1.70. The maximum absolute atomic E-state index is 13.0. The van der Waals surface area contributed by atoms with Crippen molar-refractivity contribution in [2.75, 3.05) is 25.1 Å². The lowest BCUT2D eigenvalue weighted by Crippen LogP contribution is -2.13. The molecule has 0 spiro atoms. The van der Waals surface area contributed by atoms with Crippen LogP contribution in [0.15, 0.2) is 54.7 Å². The molecule has 1 N–H and O–H groups in total. The third-order valence-electron chi connectivity index (χ3n) is 4.70. The molecule has 0 saturated heterocycles. The number of nitrogens with zero attached hydrogens (tertiary/aromatic N) is 2. The molecule has 2 aromatic carbocycles. The number of ether oxygens (including phenoxy) is 2. The van der Waals surface area contributed by atoms with E-state index in [0.29, 0.717) is 37.8 Å². The molecule has 170 valence electrons. The van der Waals surface area contributed by atoms with E-state index in [0.717, 1.165) is 17.7 Å². The first-order valence-corrected chi connectivity index (χ1v) is 10.1. The average molecular weight is 447 g/mol. The molecule has 0 radical (unpaired) electrons. The first kappa shape index (κ1) is 23.5. The number of alkyl halides is 3. The van der Waals surface area contributed by atoms with Crippen molar-refractivity contribution >= 4 is 11.6 Å². The van der Waals surface area contributed by atoms with Crippen LogP contribution in [0.3, 0.4) is 0 Å². The van der Waals surface area contributed by atoms with Gasteiger partial charge >= 0.3 is 6.18 Å². The highest BCUT2D eigenvalue weighted by molar-refractivity contribution is 6.05. The van der Waals surface area contributed by atoms with E-state index in [-0.39, 0.29) is 11.3 Å². The summed E-state index contributed by atoms with van der Waals surface area (Å²) in [4.78, 5) is 12.8. The molecule has 1 heterocycles. The topological polar surface area (TPSA) is 65.4 Å². The van der Waals surface area contributed by atoms with Gasteiger partial charge in [0.05, 0.1) is 48.5 Å². The zero-order valence-corrected chi connectivity index (χ0v) is 17.8. The predicted octanol–water partition coefficient (Wildman–Crippen LogP) is 5.00. The summed E-state index contributed by atoms with van der Waals surface area (Å²) in [5, 5.41) is 6.91. The maximum atomic E-state index is 13.0. The molecule has 3 rings (SSSR count). The summed E-state index contributed by atoms with van der Waals surface area (Å²) in [7, 11) is 0. The molecule has 0 bridgehead atoms. The molecule has 3 aromatic rings. The number of carbonyl (C=O) groups is 1. The summed E-state index contributed by atoms with van der Waals surface area (Å²) in [6.07, 6.45) is -3.12. The summed E-state index contributed by atoms with van der Waals surface area (Å²) in [5.74, 6) is -0.407. The number of nitrogens with one attached hydrogen (secondary N) is 1. The second kappa shape index (κ2) is 10.4. The van der Waals surface area contributed by atoms with Gasteiger partial charge in [0, 0.05) is 12.3 Å². The number of carbonyl (C=O) groups excluding carboxylic acids is 1. The van der Waals surface area contributed by atoms with E-state index in [2.05, 4.69) is 10.4 Å². The Kier molecular flexibility index (Phi) is 7.66. The third-order valence-corrected chi connectivity index (χ3v) is 4.70. The van der Waals surface area contributed by atoms with E-state index in [1.54, 1.807) is 25.1 Å². The number of benzene rings is 2. The zero-order valence-electron chi connectivity index (χ0n) is 17.8. The highest BCUT2D eigenvalue weighted by atomic mass is 19.4. The fourth-order valence-corrected chi connectivity index (χ4v) is 3.10. The molecule has 0 aliphatic carbocycles. The number of hydrogen-bond acceptors (Lipinski definition) is 4. The molecule has 32 heavy (non-hydrogen) atoms. The largest absolute Gasteiger partial charge is 0.416 e. The van der Waals surface area contributed by atoms with Crippen LogP contribution in [0.1, 0.15) is 34.1 Å². The number of amides is 1. The highest BCUT2D eigenvalue weighted by Crippen LogP contribution is 2.30. The molecular weight excluding hydrogens is 423 g/mol. The minimum absolute atomic E-state index is 0.225. The van der Waals surface area contributed by atoms with Gasteiger partial charge in [-0.25, -0.2) is 4.68 Å². The SMILES string of the molecule is CCOCCOCc1cccc(NC(=O)c2cnn(-c3cccc(C(F)(F)F)c3)c2C)c1. The Morgan fingerprint density at radius 1 is 1.09 bits per heavy atom. The molecule has 0 unspecified atom stereocenters. The predicted molar refractivity (Wildman–Crippen MR) is 114 cm³/mol. The smallest absolute Gasteiger partial charge is 0.379 e. The summed E-state index contributed by atoms with van der Waals surface area (Å²) in [5.41, 5.74) is 1.60. The molecule has 0 saturated carbocycles. The van der Waals surface area contributed by atoms with E-state index in [1.807, 2.05) is 13.0 Å². The summed E-state index contributed by atoms with van der Waals surface area (Å²) in [6.45, 7) is 5.54. The minimum atomic E-state index is -4.46. The lowest BCUT2D eigenvalue weighted by atomic mass is 10.1. The molecule has 0 atom stereocenters. The lowest BCUT2D eigenvalue weighted by molar-refractivity contribution is -0.137. The lowest BCUT2D eigenvalue weighted by Gasteiger charge is -2.11. The Bertz CT molecular complexity index is 1060. The second-order valence-corrected chi connectivity index (χ2v) is 7.01. The van der Waals surface area contributed by atoms with Gasteiger partial charge in [-0.05, 0) is 49.7 Å². The Hall–Kier alpha value is -3.17. The van der Waals surface area contributed by atoms with Crippen LogP contribution in [-0.2, 0) is 22.3 Å². The quantitative estimate of drug-likeness (QED) is 0.469. The Morgan fingerprint density at radius 3 is 2.59 bits per heavy atom. The maximum Gasteiger partial charge on any atom is 0.416 e. The van der Waals surface area contributed by atoms with Crippen molar-refractivity contribution in [3.63, 3.8) is 0 Å². The number of aromatic nitrogens is 2. The summed E-state index contributed by atoms with van der Waals surface area (Å²) >= 11 is 0. The second-order valence-electron chi connectivity index (χ2n) is 7.01. The standard InChI is InChI=1S/C23H24F3N3O3/c1-3-31-10-11-32-15-17-6-4-8-19(12-17)28-22(30)21-14-27-29(16(21)2)20-9-5-7-18(13-20)23(24,25)26/h4-9,12-14H,3,10-11,15H2,1-2H3,(H,28,30). The van der Waals surface area contributed by atoms with Gasteiger partial charge in [0.15, 0.2) is 0 Å². The highest BCUT2D eigenvalue weighted by Gasteiger charge is 2.30. The number of halogens is 3. The van der Waals surface area contributed by atoms with Gasteiger partial charge < -0.3 is 14.8 Å². The van der Waals surface area contributed by atoms with Gasteiger partial charge in [0.2, 0.25) is 0 Å². The molecular formula is C23H24F3N3O3. The van der Waals surface area contributed by atoms with Gasteiger partial charge in [-0.15, -0.1) is 0 Å². The zero-order chi connectivity index (χ0) is 23.1. The van der Waals surface area contributed by atoms with Gasteiger partial charge in [-0.3, -0.25) is 4.79 Å². The van der Waals surface area contributed by atoms with Crippen molar-refractivity contribution in [1.29, 1.82) is 0 Å². The van der Waals surface area contributed by atoms with Gasteiger partial charge in [-0.1, -0.05) is 18.2 Å². The van der Waals surface area contributed by atoms with E-state index >= 15 is 0 Å². The van der Waals surface area contributed by atoms with Crippen molar-refractivity contribution in [2.24, 2.45) is 0 Å². The minimum Gasteiger partial charge on any atom is -0.379 e. The fraction of sp³-hybridized carbons (Fsp3) is 0.304. The average Bonchev–Trinajstić information content (AvgIpc) is 3.15. The first-order valence-electron chi connectivity index (χ1n) is 10.1. The van der Waals surface area contributed by atoms with Crippen molar-refractivity contribution < 1.29 is 27.4 Å². The number of hydrogen-bond donors (Lipinski definition) is 1. The van der Waals surface area contributed by atoms with Gasteiger partial charge in [-0.2, -0.15) is 18.3 Å². The Labute approximate surface area is 184 Å². The van der Waals surface area contributed by atoms with Crippen molar-refractivity contribution in [3.8, 4) is 5.69 Å². The molecule has 6 nitrogen and oxygen atoms in total. The van der Waals surface area contributed by atoms with Crippen LogP contribution in [0, 0.1) is 6.92 Å². The van der Waals surface area contributed by atoms with Crippen LogP contribution in [0.5, 0.6) is 0 Å². The van der Waals surface area contributed by atoms with Crippen molar-refractivity contribution in [1.82, 2.24) is 9.78 Å². The summed E-state index contributed by atoms with van der Waals surface area (Å²) < 4.78 is 51.1. The molecule has 1 amide bonds. The van der Waals surface area contributed by atoms with Crippen LogP contribution in [0.2, 0.25) is 0 Å². The Morgan fingerprint density at radius 2 is 1.84 bits per heavy atom. The molecule has 0 aliphatic heterocycles. The normalized spacial score (nSPS) is 11.5. The van der Waals surface area contributed by atoms with E-state index in [9.17, 15) is 18.0 Å². The third kappa shape index (κ3) is 5.95. The van der Waals surface area contributed by atoms with Crippen molar-refractivity contribution in [3.05, 3.63) is 77.1 Å². The van der Waals surface area contributed by atoms with Crippen molar-refractivity contribution in [2.45, 2.75) is 26.6 Å².